The second kappa shape index (κ2) is 7.22. The summed E-state index contributed by atoms with van der Waals surface area (Å²) in [4.78, 5) is 0. The fraction of sp³-hybridized carbons (Fsp3) is 0.429. The maximum Gasteiger partial charge on any atom is 0.0860 e. The molecule has 1 rings (SSSR count). The molecule has 3 nitrogen and oxygen atoms in total. The molecule has 0 heterocycles. The molecule has 0 aromatic heterocycles. The molecule has 0 amide bonds. The summed E-state index contributed by atoms with van der Waals surface area (Å²) in [6.45, 7) is 6.09. The minimum absolute atomic E-state index is 0.106. The Morgan fingerprint density at radius 2 is 2.00 bits per heavy atom. The Morgan fingerprint density at radius 3 is 2.53 bits per heavy atom. The molecule has 0 aliphatic carbocycles. The van der Waals surface area contributed by atoms with E-state index in [0.717, 1.165) is 11.1 Å². The Hall–Kier alpha value is -1.16. The highest BCUT2D eigenvalue weighted by molar-refractivity contribution is 5.13. The lowest BCUT2D eigenvalue weighted by molar-refractivity contribution is -0.00610. The molecule has 2 atom stereocenters. The van der Waals surface area contributed by atoms with E-state index in [4.69, 9.17) is 9.84 Å². The van der Waals surface area contributed by atoms with E-state index < -0.39 is 6.10 Å². The molecule has 0 saturated heterocycles. The van der Waals surface area contributed by atoms with Gasteiger partial charge >= 0.3 is 0 Å². The molecule has 0 saturated carbocycles. The van der Waals surface area contributed by atoms with Crippen LogP contribution in [0.3, 0.4) is 0 Å². The Morgan fingerprint density at radius 1 is 1.35 bits per heavy atom. The van der Waals surface area contributed by atoms with Gasteiger partial charge < -0.3 is 14.9 Å². The van der Waals surface area contributed by atoms with Crippen LogP contribution in [0.1, 0.15) is 12.5 Å². The van der Waals surface area contributed by atoms with Crippen molar-refractivity contribution in [2.45, 2.75) is 19.6 Å². The fourth-order valence-corrected chi connectivity index (χ4v) is 1.59. The molecular weight excluding hydrogens is 216 g/mol. The van der Waals surface area contributed by atoms with Gasteiger partial charge in [-0.3, -0.25) is 0 Å². The van der Waals surface area contributed by atoms with E-state index in [1.807, 2.05) is 30.3 Å². The van der Waals surface area contributed by atoms with E-state index in [-0.39, 0.29) is 19.1 Å². The number of ether oxygens (including phenoxy) is 1. The first-order valence-electron chi connectivity index (χ1n) is 5.71. The second-order valence-corrected chi connectivity index (χ2v) is 4.20. The molecule has 3 heteroatoms. The van der Waals surface area contributed by atoms with Gasteiger partial charge in [0.2, 0.25) is 0 Å². The maximum atomic E-state index is 9.81. The number of aliphatic hydroxyl groups excluding tert-OH is 2. The number of benzene rings is 1. The van der Waals surface area contributed by atoms with Crippen LogP contribution in [0.2, 0.25) is 0 Å². The summed E-state index contributed by atoms with van der Waals surface area (Å²) >= 11 is 0. The number of hydrogen-bond acceptors (Lipinski definition) is 3. The van der Waals surface area contributed by atoms with Gasteiger partial charge in [0.05, 0.1) is 25.9 Å². The SMILES string of the molecule is C=C(C)C(CO)C(O)COCc1ccccc1. The largest absolute Gasteiger partial charge is 0.396 e. The van der Waals surface area contributed by atoms with E-state index in [2.05, 4.69) is 6.58 Å². The van der Waals surface area contributed by atoms with Gasteiger partial charge in [0.15, 0.2) is 0 Å². The molecule has 1 aromatic rings. The quantitative estimate of drug-likeness (QED) is 0.709. The van der Waals surface area contributed by atoms with Gasteiger partial charge in [-0.05, 0) is 12.5 Å². The highest BCUT2D eigenvalue weighted by Crippen LogP contribution is 2.13. The van der Waals surface area contributed by atoms with E-state index in [0.29, 0.717) is 6.61 Å². The first-order valence-corrected chi connectivity index (χ1v) is 5.71. The lowest BCUT2D eigenvalue weighted by atomic mass is 9.97. The number of rotatable bonds is 7. The van der Waals surface area contributed by atoms with Crippen LogP contribution in [-0.4, -0.2) is 29.5 Å². The predicted molar refractivity (Wildman–Crippen MR) is 67.5 cm³/mol. The molecule has 0 aliphatic heterocycles. The molecule has 0 radical (unpaired) electrons. The van der Waals surface area contributed by atoms with Gasteiger partial charge in [0.25, 0.3) is 0 Å². The van der Waals surface area contributed by atoms with Crippen LogP contribution in [0.5, 0.6) is 0 Å². The standard InChI is InChI=1S/C14H20O3/c1-11(2)13(8-15)14(16)10-17-9-12-6-4-3-5-7-12/h3-7,13-16H,1,8-10H2,2H3. The molecule has 2 unspecified atom stereocenters. The lowest BCUT2D eigenvalue weighted by Crippen LogP contribution is -2.29. The molecular formula is C14H20O3. The minimum atomic E-state index is -0.707. The van der Waals surface area contributed by atoms with Gasteiger partial charge in [-0.25, -0.2) is 0 Å². The van der Waals surface area contributed by atoms with Gasteiger partial charge in [-0.1, -0.05) is 42.5 Å². The van der Waals surface area contributed by atoms with Crippen LogP contribution in [0.15, 0.2) is 42.5 Å². The molecule has 0 fully saturated rings. The second-order valence-electron chi connectivity index (χ2n) is 4.20. The summed E-state index contributed by atoms with van der Waals surface area (Å²) in [5.74, 6) is -0.314. The summed E-state index contributed by atoms with van der Waals surface area (Å²) in [5.41, 5.74) is 1.83. The summed E-state index contributed by atoms with van der Waals surface area (Å²) in [6, 6.07) is 9.77. The molecule has 0 spiro atoms. The van der Waals surface area contributed by atoms with Gasteiger partial charge in [0.1, 0.15) is 0 Å². The Bertz CT molecular complexity index is 335. The van der Waals surface area contributed by atoms with Crippen molar-refractivity contribution in [2.75, 3.05) is 13.2 Å². The zero-order chi connectivity index (χ0) is 12.7. The third-order valence-corrected chi connectivity index (χ3v) is 2.69. The minimum Gasteiger partial charge on any atom is -0.396 e. The van der Waals surface area contributed by atoms with Crippen molar-refractivity contribution < 1.29 is 14.9 Å². The van der Waals surface area contributed by atoms with Gasteiger partial charge in [0, 0.05) is 5.92 Å². The first kappa shape index (κ1) is 13.9. The van der Waals surface area contributed by atoms with Gasteiger partial charge in [-0.2, -0.15) is 0 Å². The van der Waals surface area contributed by atoms with Crippen molar-refractivity contribution in [1.29, 1.82) is 0 Å². The van der Waals surface area contributed by atoms with Gasteiger partial charge in [-0.15, -0.1) is 0 Å². The van der Waals surface area contributed by atoms with Crippen LogP contribution in [0.4, 0.5) is 0 Å². The molecule has 0 bridgehead atoms. The summed E-state index contributed by atoms with van der Waals surface area (Å²) in [7, 11) is 0. The van der Waals surface area contributed by atoms with E-state index in [1.54, 1.807) is 6.92 Å². The highest BCUT2D eigenvalue weighted by Gasteiger charge is 2.18. The highest BCUT2D eigenvalue weighted by atomic mass is 16.5. The molecule has 1 aromatic carbocycles. The van der Waals surface area contributed by atoms with Crippen LogP contribution in [0.25, 0.3) is 0 Å². The van der Waals surface area contributed by atoms with Crippen molar-refractivity contribution in [1.82, 2.24) is 0 Å². The molecule has 0 aliphatic rings. The Balaban J connectivity index is 2.33. The average Bonchev–Trinajstić information content (AvgIpc) is 2.30. The predicted octanol–water partition coefficient (Wildman–Crippen LogP) is 1.75. The van der Waals surface area contributed by atoms with Crippen LogP contribution < -0.4 is 0 Å². The fourth-order valence-electron chi connectivity index (χ4n) is 1.59. The number of aliphatic hydroxyl groups is 2. The summed E-state index contributed by atoms with van der Waals surface area (Å²) in [6.07, 6.45) is -0.707. The smallest absolute Gasteiger partial charge is 0.0860 e. The zero-order valence-corrected chi connectivity index (χ0v) is 10.2. The third-order valence-electron chi connectivity index (χ3n) is 2.69. The topological polar surface area (TPSA) is 49.7 Å². The molecule has 94 valence electrons. The first-order chi connectivity index (χ1) is 8.15. The van der Waals surface area contributed by atoms with Crippen molar-refractivity contribution in [3.8, 4) is 0 Å². The third kappa shape index (κ3) is 4.69. The van der Waals surface area contributed by atoms with E-state index in [1.165, 1.54) is 0 Å². The van der Waals surface area contributed by atoms with E-state index in [9.17, 15) is 5.11 Å². The summed E-state index contributed by atoms with van der Waals surface area (Å²) < 4.78 is 5.41. The van der Waals surface area contributed by atoms with Crippen LogP contribution >= 0.6 is 0 Å². The van der Waals surface area contributed by atoms with Crippen molar-refractivity contribution >= 4 is 0 Å². The van der Waals surface area contributed by atoms with Crippen LogP contribution in [0, 0.1) is 5.92 Å². The normalized spacial score (nSPS) is 14.3. The molecule has 2 N–H and O–H groups in total. The maximum absolute atomic E-state index is 9.81. The lowest BCUT2D eigenvalue weighted by Gasteiger charge is -2.21. The van der Waals surface area contributed by atoms with Crippen molar-refractivity contribution in [3.63, 3.8) is 0 Å². The monoisotopic (exact) mass is 236 g/mol. The Kier molecular flexibility index (Phi) is 5.91. The van der Waals surface area contributed by atoms with Crippen molar-refractivity contribution in [2.24, 2.45) is 5.92 Å². The number of hydrogen-bond donors (Lipinski definition) is 2. The van der Waals surface area contributed by atoms with E-state index >= 15 is 0 Å². The van der Waals surface area contributed by atoms with Crippen LogP contribution in [-0.2, 0) is 11.3 Å². The van der Waals surface area contributed by atoms with Crippen molar-refractivity contribution in [3.05, 3.63) is 48.0 Å². The molecule has 17 heavy (non-hydrogen) atoms. The summed E-state index contributed by atoms with van der Waals surface area (Å²) in [5, 5.41) is 18.9. The zero-order valence-electron chi connectivity index (χ0n) is 10.2. The Labute approximate surface area is 102 Å². The average molecular weight is 236 g/mol.